The highest BCUT2D eigenvalue weighted by molar-refractivity contribution is 9.11. The van der Waals surface area contributed by atoms with Crippen molar-refractivity contribution < 1.29 is 4.74 Å². The Balaban J connectivity index is 1.76. The van der Waals surface area contributed by atoms with E-state index in [4.69, 9.17) is 14.7 Å². The first-order valence-electron chi connectivity index (χ1n) is 9.96. The van der Waals surface area contributed by atoms with Crippen LogP contribution < -0.4 is 4.90 Å². The summed E-state index contributed by atoms with van der Waals surface area (Å²) in [5.41, 5.74) is 2.31. The fourth-order valence-corrected chi connectivity index (χ4v) is 5.86. The third-order valence-corrected chi connectivity index (χ3v) is 7.34. The minimum Gasteiger partial charge on any atom is -0.380 e. The molecular weight excluding hydrogens is 462 g/mol. The molecule has 154 valence electrons. The molecule has 0 aliphatic carbocycles. The Morgan fingerprint density at radius 2 is 2.03 bits per heavy atom. The van der Waals surface area contributed by atoms with Crippen LogP contribution in [-0.2, 0) is 11.8 Å². The fraction of sp³-hybridized carbons (Fsp3) is 0.318. The Bertz CT molecular complexity index is 1190. The summed E-state index contributed by atoms with van der Waals surface area (Å²) in [6.07, 6.45) is 6.07. The summed E-state index contributed by atoms with van der Waals surface area (Å²) >= 11 is 5.45. The molecule has 1 fully saturated rings. The van der Waals surface area contributed by atoms with Gasteiger partial charge >= 0.3 is 0 Å². The smallest absolute Gasteiger partial charge is 0.199 e. The van der Waals surface area contributed by atoms with E-state index in [1.807, 2.05) is 23.9 Å². The standard InChI is InChI=1S/C22H22BrN5OS/c1-27-12-10-24-21(27)19-25-20(28-11-6-9-15(13-28)29-2)17-16(14-7-4-3-5-8-14)18(23)30-22(17)26-19/h3-5,7-8,10,12,15H,6,9,11,13H2,1-2H3/t15-/m1/s1. The molecule has 0 bridgehead atoms. The van der Waals surface area contributed by atoms with Gasteiger partial charge in [0.2, 0.25) is 0 Å². The maximum absolute atomic E-state index is 5.69. The molecule has 3 aromatic heterocycles. The highest BCUT2D eigenvalue weighted by Gasteiger charge is 2.27. The highest BCUT2D eigenvalue weighted by atomic mass is 79.9. The minimum atomic E-state index is 0.211. The number of imidazole rings is 1. The Morgan fingerprint density at radius 3 is 2.77 bits per heavy atom. The predicted molar refractivity (Wildman–Crippen MR) is 125 cm³/mol. The van der Waals surface area contributed by atoms with Gasteiger partial charge in [-0.2, -0.15) is 0 Å². The monoisotopic (exact) mass is 483 g/mol. The van der Waals surface area contributed by atoms with Gasteiger partial charge in [-0.3, -0.25) is 0 Å². The van der Waals surface area contributed by atoms with Gasteiger partial charge in [-0.15, -0.1) is 11.3 Å². The zero-order chi connectivity index (χ0) is 20.7. The van der Waals surface area contributed by atoms with Gasteiger partial charge in [0.1, 0.15) is 10.6 Å². The number of piperidine rings is 1. The summed E-state index contributed by atoms with van der Waals surface area (Å²) in [4.78, 5) is 17.8. The lowest BCUT2D eigenvalue weighted by Gasteiger charge is -2.33. The molecule has 4 heterocycles. The number of nitrogens with zero attached hydrogens (tertiary/aromatic N) is 5. The van der Waals surface area contributed by atoms with E-state index in [1.54, 1.807) is 24.6 Å². The molecule has 1 aliphatic heterocycles. The number of benzene rings is 1. The van der Waals surface area contributed by atoms with Gasteiger partial charge in [0, 0.05) is 45.2 Å². The SMILES string of the molecule is CO[C@@H]1CCCN(c2nc(-c3nccn3C)nc3sc(Br)c(-c4ccccc4)c23)C1. The summed E-state index contributed by atoms with van der Waals surface area (Å²) in [5.74, 6) is 2.38. The van der Waals surface area contributed by atoms with Crippen LogP contribution in [0.15, 0.2) is 46.5 Å². The lowest BCUT2D eigenvalue weighted by Crippen LogP contribution is -2.39. The van der Waals surface area contributed by atoms with Crippen molar-refractivity contribution in [3.63, 3.8) is 0 Å². The summed E-state index contributed by atoms with van der Waals surface area (Å²) in [6.45, 7) is 1.78. The number of fused-ring (bicyclic) bond motifs is 1. The van der Waals surface area contributed by atoms with Crippen LogP contribution in [0.2, 0.25) is 0 Å². The van der Waals surface area contributed by atoms with Crippen molar-refractivity contribution in [2.24, 2.45) is 7.05 Å². The van der Waals surface area contributed by atoms with E-state index in [-0.39, 0.29) is 6.10 Å². The molecule has 30 heavy (non-hydrogen) atoms. The van der Waals surface area contributed by atoms with E-state index < -0.39 is 0 Å². The first-order valence-corrected chi connectivity index (χ1v) is 11.6. The zero-order valence-corrected chi connectivity index (χ0v) is 19.3. The van der Waals surface area contributed by atoms with E-state index in [0.29, 0.717) is 5.82 Å². The second-order valence-electron chi connectivity index (χ2n) is 7.48. The molecule has 0 N–H and O–H groups in total. The second kappa shape index (κ2) is 8.09. The van der Waals surface area contributed by atoms with Crippen molar-refractivity contribution in [2.75, 3.05) is 25.1 Å². The van der Waals surface area contributed by atoms with E-state index in [1.165, 1.54) is 0 Å². The van der Waals surface area contributed by atoms with Gasteiger partial charge in [0.15, 0.2) is 11.6 Å². The molecule has 0 saturated carbocycles. The molecule has 1 aliphatic rings. The highest BCUT2D eigenvalue weighted by Crippen LogP contribution is 2.45. The van der Waals surface area contributed by atoms with Crippen LogP contribution >= 0.6 is 27.3 Å². The van der Waals surface area contributed by atoms with Gasteiger partial charge in [0.25, 0.3) is 0 Å². The van der Waals surface area contributed by atoms with Gasteiger partial charge in [-0.25, -0.2) is 15.0 Å². The molecule has 1 saturated heterocycles. The molecule has 4 aromatic rings. The average Bonchev–Trinajstić information content (AvgIpc) is 3.35. The molecule has 1 atom stereocenters. The van der Waals surface area contributed by atoms with Crippen molar-refractivity contribution in [3.05, 3.63) is 46.5 Å². The Labute approximate surface area is 187 Å². The lowest BCUT2D eigenvalue weighted by molar-refractivity contribution is 0.0892. The van der Waals surface area contributed by atoms with E-state index >= 15 is 0 Å². The zero-order valence-electron chi connectivity index (χ0n) is 16.9. The van der Waals surface area contributed by atoms with E-state index in [9.17, 15) is 0 Å². The normalized spacial score (nSPS) is 17.0. The quantitative estimate of drug-likeness (QED) is 0.402. The maximum atomic E-state index is 5.69. The molecule has 0 radical (unpaired) electrons. The second-order valence-corrected chi connectivity index (χ2v) is 9.79. The number of aryl methyl sites for hydroxylation is 1. The van der Waals surface area contributed by atoms with Crippen molar-refractivity contribution in [1.29, 1.82) is 0 Å². The predicted octanol–water partition coefficient (Wildman–Crippen LogP) is 5.14. The Hall–Kier alpha value is -2.29. The third kappa shape index (κ3) is 3.42. The van der Waals surface area contributed by atoms with Crippen LogP contribution in [0.1, 0.15) is 12.8 Å². The number of rotatable bonds is 4. The minimum absolute atomic E-state index is 0.211. The number of anilines is 1. The molecule has 6 nitrogen and oxygen atoms in total. The van der Waals surface area contributed by atoms with E-state index in [0.717, 1.165) is 62.7 Å². The number of thiophene rings is 1. The lowest BCUT2D eigenvalue weighted by atomic mass is 10.0. The maximum Gasteiger partial charge on any atom is 0.199 e. The Morgan fingerprint density at radius 1 is 1.20 bits per heavy atom. The topological polar surface area (TPSA) is 56.1 Å². The van der Waals surface area contributed by atoms with Crippen LogP contribution in [0.5, 0.6) is 0 Å². The van der Waals surface area contributed by atoms with Crippen molar-refractivity contribution in [2.45, 2.75) is 18.9 Å². The van der Waals surface area contributed by atoms with Crippen molar-refractivity contribution in [3.8, 4) is 22.8 Å². The first-order chi connectivity index (χ1) is 14.7. The molecule has 0 spiro atoms. The molecule has 0 amide bonds. The van der Waals surface area contributed by atoms with Gasteiger partial charge < -0.3 is 14.2 Å². The van der Waals surface area contributed by atoms with Crippen LogP contribution in [0.25, 0.3) is 33.0 Å². The number of methoxy groups -OCH3 is 1. The van der Waals surface area contributed by atoms with Crippen LogP contribution in [0.4, 0.5) is 5.82 Å². The fourth-order valence-electron chi connectivity index (χ4n) is 4.05. The van der Waals surface area contributed by atoms with Crippen LogP contribution in [0, 0.1) is 0 Å². The number of ether oxygens (including phenoxy) is 1. The summed E-state index contributed by atoms with van der Waals surface area (Å²) < 4.78 is 8.71. The molecule has 5 rings (SSSR count). The summed E-state index contributed by atoms with van der Waals surface area (Å²) in [6, 6.07) is 10.4. The largest absolute Gasteiger partial charge is 0.380 e. The van der Waals surface area contributed by atoms with Crippen LogP contribution in [0.3, 0.4) is 0 Å². The molecule has 0 unspecified atom stereocenters. The third-order valence-electron chi connectivity index (χ3n) is 5.58. The number of aromatic nitrogens is 4. The molecule has 8 heteroatoms. The Kier molecular flexibility index (Phi) is 5.30. The molecule has 1 aromatic carbocycles. The van der Waals surface area contributed by atoms with Crippen molar-refractivity contribution in [1.82, 2.24) is 19.5 Å². The summed E-state index contributed by atoms with van der Waals surface area (Å²) in [7, 11) is 3.76. The van der Waals surface area contributed by atoms with Gasteiger partial charge in [0.05, 0.1) is 15.3 Å². The summed E-state index contributed by atoms with van der Waals surface area (Å²) in [5, 5.41) is 1.09. The van der Waals surface area contributed by atoms with E-state index in [2.05, 4.69) is 50.1 Å². The average molecular weight is 484 g/mol. The van der Waals surface area contributed by atoms with Crippen molar-refractivity contribution >= 4 is 43.3 Å². The number of hydrogen-bond acceptors (Lipinski definition) is 6. The molecular formula is C22H22BrN5OS. The number of hydrogen-bond donors (Lipinski definition) is 0. The first kappa shape index (κ1) is 19.7. The van der Waals surface area contributed by atoms with Gasteiger partial charge in [-0.1, -0.05) is 30.3 Å². The number of halogens is 1. The van der Waals surface area contributed by atoms with Gasteiger partial charge in [-0.05, 0) is 34.3 Å². The van der Waals surface area contributed by atoms with Crippen LogP contribution in [-0.4, -0.2) is 45.8 Å².